The smallest absolute Gasteiger partial charge is 0.252 e. The Hall–Kier alpha value is -11.3. The summed E-state index contributed by atoms with van der Waals surface area (Å²) in [4.78, 5) is 5.58. The van der Waals surface area contributed by atoms with Crippen molar-refractivity contribution in [3.63, 3.8) is 0 Å². The fourth-order valence-corrected chi connectivity index (χ4v) is 21.5. The minimum atomic E-state index is -0.539. The number of benzene rings is 14. The van der Waals surface area contributed by atoms with Crippen LogP contribution in [0.5, 0.6) is 0 Å². The van der Waals surface area contributed by atoms with Crippen molar-refractivity contribution in [1.29, 1.82) is 0 Å². The van der Waals surface area contributed by atoms with Gasteiger partial charge in [-0.15, -0.1) is 0 Å². The fraction of sp³-hybridized carbons (Fsp3) is 0.236. The molecule has 0 aromatic heterocycles. The van der Waals surface area contributed by atoms with E-state index in [0.29, 0.717) is 0 Å². The summed E-state index contributed by atoms with van der Waals surface area (Å²) >= 11 is 0. The second-order valence-corrected chi connectivity index (χ2v) is 38.4. The molecule has 20 rings (SSSR count). The topological polar surface area (TPSA) is 6.48 Å². The highest BCUT2D eigenvalue weighted by Crippen LogP contribution is 2.62. The molecule has 0 fully saturated rings. The average molecular weight is 1460 g/mol. The summed E-state index contributed by atoms with van der Waals surface area (Å²) in [7, 11) is 0. The maximum absolute atomic E-state index is 2.79. The molecule has 0 spiro atoms. The Morgan fingerprint density at radius 1 is 0.239 bits per heavy atom. The van der Waals surface area contributed by atoms with Crippen molar-refractivity contribution in [3.8, 4) is 55.6 Å². The number of fused-ring (bicyclic) bond motifs is 12. The summed E-state index contributed by atoms with van der Waals surface area (Å²) in [5.74, 6) is 0. The normalized spacial score (nSPS) is 17.0. The number of hydrogen-bond acceptors (Lipinski definition) is 2. The largest absolute Gasteiger partial charge is 0.311 e. The third-order valence-electron chi connectivity index (χ3n) is 27.9. The van der Waals surface area contributed by atoms with Gasteiger partial charge in [0.1, 0.15) is 0 Å². The van der Waals surface area contributed by atoms with E-state index in [0.717, 1.165) is 25.7 Å². The van der Waals surface area contributed by atoms with Crippen LogP contribution in [-0.2, 0) is 43.3 Å². The summed E-state index contributed by atoms with van der Waals surface area (Å²) in [6.07, 6.45) is 4.43. The van der Waals surface area contributed by atoms with E-state index in [2.05, 4.69) is 416 Å². The molecule has 0 bridgehead atoms. The van der Waals surface area contributed by atoms with Gasteiger partial charge in [-0.3, -0.25) is 0 Å². The fourth-order valence-electron chi connectivity index (χ4n) is 21.5. The van der Waals surface area contributed by atoms with Crippen LogP contribution in [0.15, 0.2) is 309 Å². The molecule has 113 heavy (non-hydrogen) atoms. The predicted octanol–water partition coefficient (Wildman–Crippen LogP) is 26.8. The lowest BCUT2D eigenvalue weighted by Gasteiger charge is -2.49. The highest BCUT2D eigenvalue weighted by molar-refractivity contribution is 7.00. The van der Waals surface area contributed by atoms with Gasteiger partial charge < -0.3 is 9.80 Å². The lowest BCUT2D eigenvalue weighted by Crippen LogP contribution is -2.62. The first kappa shape index (κ1) is 70.8. The van der Waals surface area contributed by atoms with Crippen LogP contribution in [0.4, 0.5) is 34.1 Å². The second kappa shape index (κ2) is 25.1. The number of nitrogens with zero attached hydrogens (tertiary/aromatic N) is 2. The van der Waals surface area contributed by atoms with Crippen molar-refractivity contribution < 1.29 is 0 Å². The molecular formula is C110H101BN2. The van der Waals surface area contributed by atoms with Crippen LogP contribution in [-0.4, -0.2) is 6.71 Å². The molecule has 2 nitrogen and oxygen atoms in total. The van der Waals surface area contributed by atoms with Gasteiger partial charge in [0.15, 0.2) is 0 Å². The SMILES string of the molecule is CC(C)(C)c1ccc(N2c3cc4c(cc3B3c5cc6c(cc5N(c5ccc(C(C)(C)C)cc5-c5ccc7c(c5)-c5ccccc5C7(c5ccccc5)c5ccccc5)c5cc(-c7ccccc7)cc2c53)C(C)(C)CCC6(C)C)C(C)(C)CCC4(C)C)c(-c2ccc3c(c2)-c2ccccc2C3(c2ccccc2)c2ccccc2)c1. The minimum Gasteiger partial charge on any atom is -0.311 e. The molecule has 2 heterocycles. The highest BCUT2D eigenvalue weighted by Gasteiger charge is 2.52. The van der Waals surface area contributed by atoms with Crippen molar-refractivity contribution >= 4 is 57.2 Å². The van der Waals surface area contributed by atoms with Crippen LogP contribution < -0.4 is 26.2 Å². The van der Waals surface area contributed by atoms with E-state index in [1.807, 2.05) is 0 Å². The lowest BCUT2D eigenvalue weighted by atomic mass is 9.32. The van der Waals surface area contributed by atoms with E-state index in [1.165, 1.54) is 184 Å². The molecule has 3 heteroatoms. The summed E-state index contributed by atoms with van der Waals surface area (Å²) in [5, 5.41) is 0. The molecule has 2 aliphatic heterocycles. The van der Waals surface area contributed by atoms with Gasteiger partial charge in [0, 0.05) is 33.9 Å². The quantitative estimate of drug-likeness (QED) is 0.133. The molecule has 554 valence electrons. The second-order valence-electron chi connectivity index (χ2n) is 38.4. The van der Waals surface area contributed by atoms with E-state index >= 15 is 0 Å². The molecular weight excluding hydrogens is 1360 g/mol. The van der Waals surface area contributed by atoms with E-state index in [-0.39, 0.29) is 39.2 Å². The van der Waals surface area contributed by atoms with Crippen LogP contribution in [0.1, 0.15) is 201 Å². The zero-order chi connectivity index (χ0) is 77.7. The summed E-state index contributed by atoms with van der Waals surface area (Å²) < 4.78 is 0. The molecule has 0 N–H and O–H groups in total. The zero-order valence-corrected chi connectivity index (χ0v) is 68.2. The van der Waals surface area contributed by atoms with Gasteiger partial charge in [0.05, 0.1) is 22.2 Å². The third kappa shape index (κ3) is 10.6. The number of rotatable bonds is 9. The predicted molar refractivity (Wildman–Crippen MR) is 479 cm³/mol. The molecule has 4 aliphatic carbocycles. The Labute approximate surface area is 671 Å². The molecule has 0 unspecified atom stereocenters. The summed E-state index contributed by atoms with van der Waals surface area (Å²) in [6.45, 7) is 34.4. The molecule has 0 saturated heterocycles. The van der Waals surface area contributed by atoms with Gasteiger partial charge >= 0.3 is 0 Å². The van der Waals surface area contributed by atoms with Crippen molar-refractivity contribution in [3.05, 3.63) is 387 Å². The molecule has 0 saturated carbocycles. The Morgan fingerprint density at radius 2 is 0.558 bits per heavy atom. The number of hydrogen-bond donors (Lipinski definition) is 0. The van der Waals surface area contributed by atoms with Gasteiger partial charge in [-0.1, -0.05) is 346 Å². The van der Waals surface area contributed by atoms with Crippen LogP contribution in [0.2, 0.25) is 0 Å². The van der Waals surface area contributed by atoms with Crippen LogP contribution in [0, 0.1) is 0 Å². The standard InChI is InChI=1S/C110H101BN2/c1-103(2,3)78-50-54-96(82(64-78)71-48-52-88-84(60-71)80-44-30-32-46-86(80)109(88,74-36-22-16-23-37-74)75-38-24-17-25-39-75)112-98-68-92-90(105(7,8)56-58-107(92,11)12)66-94(98)111-95-67-91-93(108(13,14)59-57-106(91,9)10)69-99(95)113(101-63-73(62-100(112)102(101)111)70-34-20-15-21-35-70)97-55-51-79(104(4,5)6)65-83(97)72-49-53-89-85(61-72)81-45-31-33-47-87(81)110(89,76-40-26-18-27-41-76)77-42-28-19-29-43-77/h15-55,60-69H,56-59H2,1-14H3. The summed E-state index contributed by atoms with van der Waals surface area (Å²) in [6, 6.07) is 121. The zero-order valence-electron chi connectivity index (χ0n) is 68.2. The maximum atomic E-state index is 2.79. The Morgan fingerprint density at radius 3 is 0.912 bits per heavy atom. The van der Waals surface area contributed by atoms with Crippen LogP contribution in [0.3, 0.4) is 0 Å². The maximum Gasteiger partial charge on any atom is 0.252 e. The number of anilines is 6. The molecule has 14 aromatic carbocycles. The van der Waals surface area contributed by atoms with E-state index in [4.69, 9.17) is 0 Å². The van der Waals surface area contributed by atoms with Crippen molar-refractivity contribution in [2.24, 2.45) is 0 Å². The van der Waals surface area contributed by atoms with E-state index < -0.39 is 10.8 Å². The van der Waals surface area contributed by atoms with Gasteiger partial charge in [-0.2, -0.15) is 0 Å². The first-order valence-corrected chi connectivity index (χ1v) is 41.5. The Kier molecular flexibility index (Phi) is 15.7. The molecule has 14 aromatic rings. The average Bonchev–Trinajstić information content (AvgIpc) is 1.64. The Bertz CT molecular complexity index is 5770. The molecule has 0 atom stereocenters. The van der Waals surface area contributed by atoms with E-state index in [9.17, 15) is 0 Å². The minimum absolute atomic E-state index is 0.0761. The van der Waals surface area contributed by atoms with Gasteiger partial charge in [0.2, 0.25) is 0 Å². The van der Waals surface area contributed by atoms with Crippen LogP contribution in [0.25, 0.3) is 55.6 Å². The van der Waals surface area contributed by atoms with Crippen molar-refractivity contribution in [1.82, 2.24) is 0 Å². The summed E-state index contributed by atoms with van der Waals surface area (Å²) in [5.41, 5.74) is 40.7. The molecule has 0 amide bonds. The van der Waals surface area contributed by atoms with Gasteiger partial charge in [-0.25, -0.2) is 0 Å². The van der Waals surface area contributed by atoms with E-state index in [1.54, 1.807) is 0 Å². The lowest BCUT2D eigenvalue weighted by molar-refractivity contribution is 0.332. The molecule has 6 aliphatic rings. The van der Waals surface area contributed by atoms with Crippen molar-refractivity contribution in [2.45, 2.75) is 166 Å². The molecule has 0 radical (unpaired) electrons. The van der Waals surface area contributed by atoms with Gasteiger partial charge in [-0.05, 0) is 258 Å². The first-order valence-electron chi connectivity index (χ1n) is 41.5. The third-order valence-corrected chi connectivity index (χ3v) is 27.9. The van der Waals surface area contributed by atoms with Crippen LogP contribution >= 0.6 is 0 Å². The first-order chi connectivity index (χ1) is 54.3. The highest BCUT2D eigenvalue weighted by atomic mass is 15.2. The van der Waals surface area contributed by atoms with Gasteiger partial charge in [0.25, 0.3) is 6.71 Å². The monoisotopic (exact) mass is 1460 g/mol. The Balaban J connectivity index is 0.902. The van der Waals surface area contributed by atoms with Crippen molar-refractivity contribution in [2.75, 3.05) is 9.80 Å².